The number of carbonyl (C=O) groups excluding carboxylic acids is 3. The van der Waals surface area contributed by atoms with Crippen molar-refractivity contribution < 1.29 is 50.3 Å². The predicted octanol–water partition coefficient (Wildman–Crippen LogP) is 6.41. The minimum atomic E-state index is -5.00. The fourth-order valence-corrected chi connectivity index (χ4v) is 4.82. The molecule has 0 spiro atoms. The lowest BCUT2D eigenvalue weighted by atomic mass is 9.85. The van der Waals surface area contributed by atoms with Gasteiger partial charge in [0.15, 0.2) is 12.1 Å². The molecule has 0 saturated carbocycles. The summed E-state index contributed by atoms with van der Waals surface area (Å²) in [5, 5.41) is 2.75. The summed E-state index contributed by atoms with van der Waals surface area (Å²) in [6, 6.07) is 5.58. The molecule has 2 aromatic carbocycles. The van der Waals surface area contributed by atoms with Gasteiger partial charge in [0.25, 0.3) is 5.91 Å². The normalized spacial score (nSPS) is 18.3. The fraction of sp³-hybridized carbons (Fsp3) is 0.433. The van der Waals surface area contributed by atoms with Crippen molar-refractivity contribution in [2.75, 3.05) is 13.2 Å². The molecule has 43 heavy (non-hydrogen) atoms. The van der Waals surface area contributed by atoms with Gasteiger partial charge in [-0.3, -0.25) is 14.4 Å². The third kappa shape index (κ3) is 8.90. The van der Waals surface area contributed by atoms with Gasteiger partial charge in [-0.1, -0.05) is 0 Å². The van der Waals surface area contributed by atoms with E-state index in [1.54, 1.807) is 6.07 Å². The van der Waals surface area contributed by atoms with Gasteiger partial charge in [-0.2, -0.15) is 26.3 Å². The first-order chi connectivity index (χ1) is 20.3. The summed E-state index contributed by atoms with van der Waals surface area (Å²) < 4.78 is 84.7. The summed E-state index contributed by atoms with van der Waals surface area (Å²) in [5.74, 6) is -1.21. The number of benzene rings is 2. The first kappa shape index (κ1) is 32.2. The zero-order valence-electron chi connectivity index (χ0n) is 23.0. The molecule has 1 fully saturated rings. The van der Waals surface area contributed by atoms with Gasteiger partial charge in [0.2, 0.25) is 5.91 Å². The number of halogens is 6. The number of nitrogens with one attached hydrogen (secondary N) is 2. The number of unbranched alkanes of at least 4 members (excludes halogenated alkanes) is 1. The van der Waals surface area contributed by atoms with Gasteiger partial charge in [0.05, 0.1) is 11.1 Å². The molecule has 1 aliphatic carbocycles. The SMILES string of the molecule is O=C(CCCCNC(=O)c1ccc2c(c1)CCC(=Cc1cc(C(F)(F)F)cc(C(F)(F)F)c1)C2=O)NOC1CCCCO1. The molecule has 4 rings (SSSR count). The molecule has 0 bridgehead atoms. The Balaban J connectivity index is 1.31. The van der Waals surface area contributed by atoms with Crippen LogP contribution >= 0.6 is 0 Å². The molecule has 232 valence electrons. The van der Waals surface area contributed by atoms with Crippen LogP contribution in [0.25, 0.3) is 6.08 Å². The summed E-state index contributed by atoms with van der Waals surface area (Å²) in [6.07, 6.45) is -5.15. The van der Waals surface area contributed by atoms with Crippen LogP contribution < -0.4 is 10.8 Å². The minimum Gasteiger partial charge on any atom is -0.352 e. The fourth-order valence-electron chi connectivity index (χ4n) is 4.82. The number of Topliss-reactive ketones (excluding diaryl/α,β-unsaturated/α-hetero) is 1. The van der Waals surface area contributed by atoms with E-state index in [0.29, 0.717) is 55.7 Å². The first-order valence-corrected chi connectivity index (χ1v) is 13.8. The summed E-state index contributed by atoms with van der Waals surface area (Å²) >= 11 is 0. The number of hydrogen-bond acceptors (Lipinski definition) is 5. The van der Waals surface area contributed by atoms with Crippen LogP contribution in [0.3, 0.4) is 0 Å². The molecule has 1 aliphatic heterocycles. The van der Waals surface area contributed by atoms with E-state index in [1.807, 2.05) is 0 Å². The maximum Gasteiger partial charge on any atom is 0.416 e. The first-order valence-electron chi connectivity index (χ1n) is 13.8. The minimum absolute atomic E-state index is 0.0347. The van der Waals surface area contributed by atoms with E-state index < -0.39 is 35.6 Å². The van der Waals surface area contributed by atoms with Gasteiger partial charge < -0.3 is 10.1 Å². The highest BCUT2D eigenvalue weighted by Gasteiger charge is 2.37. The molecule has 13 heteroatoms. The van der Waals surface area contributed by atoms with E-state index >= 15 is 0 Å². The quantitative estimate of drug-likeness (QED) is 0.148. The molecule has 2 aromatic rings. The van der Waals surface area contributed by atoms with Crippen molar-refractivity contribution in [1.29, 1.82) is 0 Å². The highest BCUT2D eigenvalue weighted by molar-refractivity contribution is 6.13. The van der Waals surface area contributed by atoms with Crippen LogP contribution in [0.5, 0.6) is 0 Å². The Morgan fingerprint density at radius 2 is 1.67 bits per heavy atom. The lowest BCUT2D eigenvalue weighted by Crippen LogP contribution is -2.33. The summed E-state index contributed by atoms with van der Waals surface area (Å²) in [5.41, 5.74) is 0.204. The van der Waals surface area contributed by atoms with E-state index in [4.69, 9.17) is 9.57 Å². The van der Waals surface area contributed by atoms with Gasteiger partial charge in [0, 0.05) is 42.7 Å². The number of hydrogen-bond donors (Lipinski definition) is 2. The predicted molar refractivity (Wildman–Crippen MR) is 143 cm³/mol. The Labute approximate surface area is 243 Å². The molecule has 1 saturated heterocycles. The largest absolute Gasteiger partial charge is 0.416 e. The van der Waals surface area contributed by atoms with E-state index in [1.165, 1.54) is 12.1 Å². The Bertz CT molecular complexity index is 1350. The van der Waals surface area contributed by atoms with Gasteiger partial charge in [-0.05, 0) is 92.1 Å². The van der Waals surface area contributed by atoms with Crippen molar-refractivity contribution in [3.05, 3.63) is 75.4 Å². The third-order valence-electron chi connectivity index (χ3n) is 7.08. The number of aryl methyl sites for hydroxylation is 1. The monoisotopic (exact) mass is 612 g/mol. The van der Waals surface area contributed by atoms with Crippen LogP contribution in [0.2, 0.25) is 0 Å². The summed E-state index contributed by atoms with van der Waals surface area (Å²) in [4.78, 5) is 42.8. The molecule has 0 aromatic heterocycles. The topological polar surface area (TPSA) is 93.7 Å². The second-order valence-electron chi connectivity index (χ2n) is 10.4. The molecule has 1 heterocycles. The van der Waals surface area contributed by atoms with Crippen molar-refractivity contribution in [2.45, 2.75) is 70.0 Å². The summed E-state index contributed by atoms with van der Waals surface area (Å²) in [7, 11) is 0. The van der Waals surface area contributed by atoms with E-state index in [2.05, 4.69) is 10.8 Å². The molecular formula is C30H30F6N2O5. The van der Waals surface area contributed by atoms with E-state index in [9.17, 15) is 40.7 Å². The molecule has 0 radical (unpaired) electrons. The van der Waals surface area contributed by atoms with Crippen LogP contribution in [0, 0.1) is 0 Å². The Morgan fingerprint density at radius 3 is 2.33 bits per heavy atom. The average molecular weight is 613 g/mol. The molecular weight excluding hydrogens is 582 g/mol. The number of amides is 2. The highest BCUT2D eigenvalue weighted by atomic mass is 19.4. The van der Waals surface area contributed by atoms with Crippen molar-refractivity contribution in [3.8, 4) is 0 Å². The van der Waals surface area contributed by atoms with Crippen molar-refractivity contribution in [2.24, 2.45) is 0 Å². The van der Waals surface area contributed by atoms with E-state index in [-0.39, 0.29) is 53.8 Å². The number of alkyl halides is 6. The van der Waals surface area contributed by atoms with Crippen LogP contribution in [-0.2, 0) is 33.1 Å². The second-order valence-corrected chi connectivity index (χ2v) is 10.4. The molecule has 2 aliphatic rings. The van der Waals surface area contributed by atoms with E-state index in [0.717, 1.165) is 18.9 Å². The number of carbonyl (C=O) groups is 3. The van der Waals surface area contributed by atoms with Crippen LogP contribution in [0.4, 0.5) is 26.3 Å². The van der Waals surface area contributed by atoms with Gasteiger partial charge in [-0.25, -0.2) is 10.3 Å². The Morgan fingerprint density at radius 1 is 0.953 bits per heavy atom. The van der Waals surface area contributed by atoms with Gasteiger partial charge in [0.1, 0.15) is 0 Å². The average Bonchev–Trinajstić information content (AvgIpc) is 2.96. The summed E-state index contributed by atoms with van der Waals surface area (Å²) in [6.45, 7) is 0.899. The van der Waals surface area contributed by atoms with Crippen molar-refractivity contribution >= 4 is 23.7 Å². The second kappa shape index (κ2) is 13.7. The number of ether oxygens (including phenoxy) is 1. The van der Waals surface area contributed by atoms with Gasteiger partial charge >= 0.3 is 12.4 Å². The maximum absolute atomic E-state index is 13.2. The molecule has 1 atom stereocenters. The smallest absolute Gasteiger partial charge is 0.352 e. The molecule has 2 N–H and O–H groups in total. The lowest BCUT2D eigenvalue weighted by Gasteiger charge is -2.22. The molecule has 1 unspecified atom stereocenters. The van der Waals surface area contributed by atoms with Crippen LogP contribution in [0.15, 0.2) is 42.0 Å². The number of ketones is 1. The maximum atomic E-state index is 13.2. The highest BCUT2D eigenvalue weighted by Crippen LogP contribution is 2.37. The number of hydroxylamine groups is 1. The van der Waals surface area contributed by atoms with Crippen molar-refractivity contribution in [3.63, 3.8) is 0 Å². The molecule has 2 amide bonds. The van der Waals surface area contributed by atoms with Crippen molar-refractivity contribution in [1.82, 2.24) is 10.8 Å². The van der Waals surface area contributed by atoms with Crippen LogP contribution in [-0.4, -0.2) is 37.0 Å². The lowest BCUT2D eigenvalue weighted by molar-refractivity contribution is -0.200. The standard InChI is InChI=1S/C30H30F6N2O5/c31-29(32,33)22-14-18(15-23(17-22)30(34,35)36)13-20-8-7-19-16-21(9-10-24(19)27(20)40)28(41)37-11-3-1-5-25(39)38-43-26-6-2-4-12-42-26/h9-10,13-17,26H,1-8,11-12H2,(H,37,41)(H,38,39). The Hall–Kier alpha value is -3.71. The van der Waals surface area contributed by atoms with Crippen LogP contribution in [0.1, 0.15) is 87.9 Å². The number of allylic oxidation sites excluding steroid dienone is 1. The van der Waals surface area contributed by atoms with Gasteiger partial charge in [-0.15, -0.1) is 0 Å². The third-order valence-corrected chi connectivity index (χ3v) is 7.08. The number of fused-ring (bicyclic) bond motifs is 1. The number of rotatable bonds is 9. The zero-order chi connectivity index (χ0) is 31.2. The molecule has 7 nitrogen and oxygen atoms in total. The zero-order valence-corrected chi connectivity index (χ0v) is 23.0. The Kier molecular flexibility index (Phi) is 10.3.